The van der Waals surface area contributed by atoms with E-state index < -0.39 is 6.04 Å². The molecule has 0 bridgehead atoms. The summed E-state index contributed by atoms with van der Waals surface area (Å²) in [6.45, 7) is 7.95. The average molecular weight is 428 g/mol. The van der Waals surface area contributed by atoms with Gasteiger partial charge in [0.15, 0.2) is 0 Å². The molecule has 3 heterocycles. The van der Waals surface area contributed by atoms with Gasteiger partial charge in [-0.2, -0.15) is 0 Å². The van der Waals surface area contributed by atoms with Crippen LogP contribution in [0.1, 0.15) is 53.6 Å². The van der Waals surface area contributed by atoms with Crippen molar-refractivity contribution in [3.8, 4) is 0 Å². The molecule has 2 fully saturated rings. The highest BCUT2D eigenvalue weighted by molar-refractivity contribution is 6.05. The molecule has 0 radical (unpaired) electrons. The van der Waals surface area contributed by atoms with Crippen molar-refractivity contribution in [1.29, 1.82) is 0 Å². The molecule has 1 aromatic carbocycles. The van der Waals surface area contributed by atoms with Crippen LogP contribution in [-0.4, -0.2) is 72.8 Å². The molecular formula is C23H33N5O3. The van der Waals surface area contributed by atoms with Gasteiger partial charge in [-0.3, -0.25) is 19.7 Å². The number of nitrogens with one attached hydrogen (secondary N) is 3. The molecule has 3 amide bonds. The van der Waals surface area contributed by atoms with Crippen LogP contribution in [0.2, 0.25) is 0 Å². The third-order valence-electron chi connectivity index (χ3n) is 6.45. The van der Waals surface area contributed by atoms with Crippen molar-refractivity contribution in [3.05, 3.63) is 34.9 Å². The van der Waals surface area contributed by atoms with Crippen LogP contribution in [0.4, 0.5) is 0 Å². The van der Waals surface area contributed by atoms with Crippen LogP contribution in [0.3, 0.4) is 0 Å². The van der Waals surface area contributed by atoms with Gasteiger partial charge in [-0.1, -0.05) is 18.6 Å². The Bertz CT molecular complexity index is 821. The average Bonchev–Trinajstić information content (AvgIpc) is 3.09. The van der Waals surface area contributed by atoms with Crippen molar-refractivity contribution < 1.29 is 14.4 Å². The summed E-state index contributed by atoms with van der Waals surface area (Å²) in [5.41, 5.74) is 2.78. The number of unbranched alkanes of at least 4 members (excludes halogenated alkanes) is 2. The van der Waals surface area contributed by atoms with Crippen LogP contribution < -0.4 is 16.0 Å². The summed E-state index contributed by atoms with van der Waals surface area (Å²) in [4.78, 5) is 40.4. The lowest BCUT2D eigenvalue weighted by molar-refractivity contribution is -0.136. The number of carbonyl (C=O) groups excluding carboxylic acids is 3. The van der Waals surface area contributed by atoms with Crippen LogP contribution >= 0.6 is 0 Å². The molecule has 0 aromatic heterocycles. The zero-order chi connectivity index (χ0) is 21.6. The molecule has 8 heteroatoms. The Labute approximate surface area is 183 Å². The maximum Gasteiger partial charge on any atom is 0.255 e. The number of rotatable bonds is 9. The normalized spacial score (nSPS) is 22.0. The van der Waals surface area contributed by atoms with Crippen molar-refractivity contribution in [2.75, 3.05) is 39.3 Å². The lowest BCUT2D eigenvalue weighted by Gasteiger charge is -2.29. The molecule has 4 rings (SSSR count). The molecule has 3 aliphatic rings. The fourth-order valence-electron chi connectivity index (χ4n) is 4.67. The quantitative estimate of drug-likeness (QED) is 0.395. The van der Waals surface area contributed by atoms with E-state index in [4.69, 9.17) is 0 Å². The second-order valence-electron chi connectivity index (χ2n) is 8.72. The first kappa shape index (κ1) is 21.9. The standard InChI is InChI=1S/C23H33N5O3/c29-21-7-6-20(22(30)26-21)28-16-18-14-17(4-5-19(18)23(28)31)15-25-8-2-1-3-11-27-12-9-24-10-13-27/h4-5,14,20,24-25H,1-3,6-13,15-16H2,(H,26,29,30). The SMILES string of the molecule is O=C1CCC(N2Cc3cc(CNCCCCCN4CCNCC4)ccc3C2=O)C(=O)N1. The number of piperidine rings is 1. The van der Waals surface area contributed by atoms with Gasteiger partial charge in [0.25, 0.3) is 5.91 Å². The van der Waals surface area contributed by atoms with E-state index in [1.165, 1.54) is 38.9 Å². The largest absolute Gasteiger partial charge is 0.322 e. The number of hydrogen-bond donors (Lipinski definition) is 3. The highest BCUT2D eigenvalue weighted by atomic mass is 16.2. The van der Waals surface area contributed by atoms with E-state index >= 15 is 0 Å². The van der Waals surface area contributed by atoms with Gasteiger partial charge in [0.05, 0.1) is 0 Å². The van der Waals surface area contributed by atoms with Crippen LogP contribution in [0.25, 0.3) is 0 Å². The Hall–Kier alpha value is -2.29. The van der Waals surface area contributed by atoms with Crippen LogP contribution in [0.15, 0.2) is 18.2 Å². The first-order chi connectivity index (χ1) is 15.1. The van der Waals surface area contributed by atoms with Gasteiger partial charge >= 0.3 is 0 Å². The second-order valence-corrected chi connectivity index (χ2v) is 8.72. The van der Waals surface area contributed by atoms with Crippen LogP contribution in [0, 0.1) is 0 Å². The van der Waals surface area contributed by atoms with E-state index in [-0.39, 0.29) is 24.1 Å². The zero-order valence-electron chi connectivity index (χ0n) is 18.1. The predicted octanol–water partition coefficient (Wildman–Crippen LogP) is 0.613. The van der Waals surface area contributed by atoms with Gasteiger partial charge in [0, 0.05) is 51.3 Å². The summed E-state index contributed by atoms with van der Waals surface area (Å²) in [5, 5.41) is 9.24. The molecule has 0 spiro atoms. The molecule has 1 atom stereocenters. The summed E-state index contributed by atoms with van der Waals surface area (Å²) in [5.74, 6) is -0.743. The van der Waals surface area contributed by atoms with Gasteiger partial charge < -0.3 is 20.4 Å². The van der Waals surface area contributed by atoms with Crippen molar-refractivity contribution in [2.24, 2.45) is 0 Å². The molecule has 3 N–H and O–H groups in total. The Kier molecular flexibility index (Phi) is 7.32. The number of amides is 3. The Morgan fingerprint density at radius 1 is 1.06 bits per heavy atom. The molecule has 31 heavy (non-hydrogen) atoms. The number of nitrogens with zero attached hydrogens (tertiary/aromatic N) is 2. The van der Waals surface area contributed by atoms with E-state index in [1.807, 2.05) is 12.1 Å². The van der Waals surface area contributed by atoms with Gasteiger partial charge in [-0.15, -0.1) is 0 Å². The van der Waals surface area contributed by atoms with E-state index in [0.29, 0.717) is 18.5 Å². The van der Waals surface area contributed by atoms with E-state index in [0.717, 1.165) is 37.3 Å². The van der Waals surface area contributed by atoms with Gasteiger partial charge in [-0.25, -0.2) is 0 Å². The summed E-state index contributed by atoms with van der Waals surface area (Å²) in [6, 6.07) is 5.37. The lowest BCUT2D eigenvalue weighted by atomic mass is 10.0. The molecule has 168 valence electrons. The number of imide groups is 1. The summed E-state index contributed by atoms with van der Waals surface area (Å²) >= 11 is 0. The minimum absolute atomic E-state index is 0.117. The summed E-state index contributed by atoms with van der Waals surface area (Å²) in [6.07, 6.45) is 4.32. The van der Waals surface area contributed by atoms with Crippen LogP contribution in [0.5, 0.6) is 0 Å². The fraction of sp³-hybridized carbons (Fsp3) is 0.609. The van der Waals surface area contributed by atoms with Crippen molar-refractivity contribution in [3.63, 3.8) is 0 Å². The first-order valence-electron chi connectivity index (χ1n) is 11.5. The molecule has 1 aromatic rings. The van der Waals surface area contributed by atoms with Gasteiger partial charge in [0.2, 0.25) is 11.8 Å². The number of carbonyl (C=O) groups is 3. The Balaban J connectivity index is 1.19. The molecular weight excluding hydrogens is 394 g/mol. The topological polar surface area (TPSA) is 93.8 Å². The number of hydrogen-bond acceptors (Lipinski definition) is 6. The highest BCUT2D eigenvalue weighted by Crippen LogP contribution is 2.28. The molecule has 0 aliphatic carbocycles. The molecule has 8 nitrogen and oxygen atoms in total. The Morgan fingerprint density at radius 3 is 2.71 bits per heavy atom. The van der Waals surface area contributed by atoms with E-state index in [2.05, 4.69) is 26.9 Å². The van der Waals surface area contributed by atoms with Gasteiger partial charge in [0.1, 0.15) is 6.04 Å². The number of fused-ring (bicyclic) bond motifs is 1. The third-order valence-corrected chi connectivity index (χ3v) is 6.45. The van der Waals surface area contributed by atoms with Crippen molar-refractivity contribution >= 4 is 17.7 Å². The van der Waals surface area contributed by atoms with Crippen molar-refractivity contribution in [1.82, 2.24) is 25.8 Å². The molecule has 2 saturated heterocycles. The van der Waals surface area contributed by atoms with Crippen molar-refractivity contribution in [2.45, 2.75) is 51.2 Å². The minimum Gasteiger partial charge on any atom is -0.322 e. The highest BCUT2D eigenvalue weighted by Gasteiger charge is 2.38. The lowest BCUT2D eigenvalue weighted by Crippen LogP contribution is -2.52. The fourth-order valence-corrected chi connectivity index (χ4v) is 4.67. The summed E-state index contributed by atoms with van der Waals surface area (Å²) < 4.78 is 0. The zero-order valence-corrected chi connectivity index (χ0v) is 18.1. The number of benzene rings is 1. The Morgan fingerprint density at radius 2 is 1.90 bits per heavy atom. The van der Waals surface area contributed by atoms with Crippen LogP contribution in [-0.2, 0) is 22.7 Å². The van der Waals surface area contributed by atoms with E-state index in [9.17, 15) is 14.4 Å². The smallest absolute Gasteiger partial charge is 0.255 e. The van der Waals surface area contributed by atoms with Gasteiger partial charge in [-0.05, 0) is 49.5 Å². The maximum atomic E-state index is 12.7. The summed E-state index contributed by atoms with van der Waals surface area (Å²) in [7, 11) is 0. The number of piperazine rings is 1. The second kappa shape index (κ2) is 10.3. The predicted molar refractivity (Wildman–Crippen MR) is 117 cm³/mol. The third kappa shape index (κ3) is 5.50. The first-order valence-corrected chi connectivity index (χ1v) is 11.5. The molecule has 0 saturated carbocycles. The molecule has 3 aliphatic heterocycles. The van der Waals surface area contributed by atoms with E-state index in [1.54, 1.807) is 4.90 Å². The minimum atomic E-state index is -0.555. The maximum absolute atomic E-state index is 12.7. The monoisotopic (exact) mass is 427 g/mol. The molecule has 1 unspecified atom stereocenters.